The highest BCUT2D eigenvalue weighted by atomic mass is 16.6. The number of ether oxygens (including phenoxy) is 2. The third-order valence-electron chi connectivity index (χ3n) is 3.68. The van der Waals surface area contributed by atoms with Gasteiger partial charge >= 0.3 is 5.97 Å². The summed E-state index contributed by atoms with van der Waals surface area (Å²) in [6.45, 7) is 3.44. The summed E-state index contributed by atoms with van der Waals surface area (Å²) < 4.78 is 10.3. The molecule has 1 atom stereocenters. The number of hydrogen-bond acceptors (Lipinski definition) is 4. The number of hydrogen-bond donors (Lipinski definition) is 1. The van der Waals surface area contributed by atoms with Gasteiger partial charge in [-0.2, -0.15) is 0 Å². The highest BCUT2D eigenvalue weighted by Gasteiger charge is 2.46. The molecule has 0 radical (unpaired) electrons. The molecule has 0 aliphatic carbocycles. The number of likely N-dealkylation sites (tertiary alicyclic amines) is 1. The first kappa shape index (κ1) is 13.7. The zero-order chi connectivity index (χ0) is 13.9. The van der Waals surface area contributed by atoms with Crippen LogP contribution in [0.1, 0.15) is 26.2 Å². The standard InChI is InChI=1S/C13H19NO5/c1-2-3-13(12(16)17)4-5-14(9-13)11(15)10-8-18-6-7-19-10/h8H,2-7,9H2,1H3,(H,16,17). The zero-order valence-electron chi connectivity index (χ0n) is 11.1. The summed E-state index contributed by atoms with van der Waals surface area (Å²) in [4.78, 5) is 25.2. The Morgan fingerprint density at radius 3 is 2.84 bits per heavy atom. The van der Waals surface area contributed by atoms with E-state index in [0.717, 1.165) is 6.42 Å². The van der Waals surface area contributed by atoms with Crippen LogP contribution in [0.5, 0.6) is 0 Å². The number of aliphatic carboxylic acids is 1. The van der Waals surface area contributed by atoms with E-state index in [-0.39, 0.29) is 18.2 Å². The summed E-state index contributed by atoms with van der Waals surface area (Å²) in [6.07, 6.45) is 3.18. The number of rotatable bonds is 4. The van der Waals surface area contributed by atoms with Gasteiger partial charge in [0.2, 0.25) is 5.76 Å². The molecule has 0 aromatic heterocycles. The summed E-state index contributed by atoms with van der Waals surface area (Å²) in [5.41, 5.74) is -0.805. The SMILES string of the molecule is CCCC1(C(=O)O)CCN(C(=O)C2=COCCO2)C1. The topological polar surface area (TPSA) is 76.1 Å². The Morgan fingerprint density at radius 1 is 1.47 bits per heavy atom. The van der Waals surface area contributed by atoms with Gasteiger partial charge in [-0.05, 0) is 12.8 Å². The Kier molecular flexibility index (Phi) is 3.97. The second-order valence-corrected chi connectivity index (χ2v) is 5.01. The van der Waals surface area contributed by atoms with Gasteiger partial charge in [-0.15, -0.1) is 0 Å². The molecule has 1 N–H and O–H groups in total. The van der Waals surface area contributed by atoms with E-state index in [9.17, 15) is 14.7 Å². The molecule has 0 saturated carbocycles. The summed E-state index contributed by atoms with van der Waals surface area (Å²) in [5, 5.41) is 9.40. The molecule has 2 rings (SSSR count). The molecule has 1 saturated heterocycles. The molecule has 1 fully saturated rings. The minimum absolute atomic E-state index is 0.170. The van der Waals surface area contributed by atoms with Gasteiger partial charge in [-0.3, -0.25) is 9.59 Å². The first-order valence-electron chi connectivity index (χ1n) is 6.56. The number of carboxylic acids is 1. The Hall–Kier alpha value is -1.72. The second kappa shape index (κ2) is 5.50. The van der Waals surface area contributed by atoms with Crippen LogP contribution in [0.25, 0.3) is 0 Å². The van der Waals surface area contributed by atoms with Crippen LogP contribution >= 0.6 is 0 Å². The molecule has 1 amide bonds. The number of carbonyl (C=O) groups excluding carboxylic acids is 1. The predicted molar refractivity (Wildman–Crippen MR) is 66.2 cm³/mol. The molecule has 0 aromatic rings. The van der Waals surface area contributed by atoms with Gasteiger partial charge in [-0.25, -0.2) is 0 Å². The van der Waals surface area contributed by atoms with Crippen LogP contribution < -0.4 is 0 Å². The van der Waals surface area contributed by atoms with Crippen molar-refractivity contribution < 1.29 is 24.2 Å². The Bertz CT molecular complexity index is 406. The fourth-order valence-electron chi connectivity index (χ4n) is 2.65. The highest BCUT2D eigenvalue weighted by molar-refractivity contribution is 5.92. The zero-order valence-corrected chi connectivity index (χ0v) is 11.1. The molecule has 2 heterocycles. The third-order valence-corrected chi connectivity index (χ3v) is 3.68. The minimum Gasteiger partial charge on any atom is -0.494 e. The molecule has 2 aliphatic heterocycles. The first-order chi connectivity index (χ1) is 9.09. The molecule has 0 aromatic carbocycles. The Labute approximate surface area is 112 Å². The highest BCUT2D eigenvalue weighted by Crippen LogP contribution is 2.36. The maximum absolute atomic E-state index is 12.2. The van der Waals surface area contributed by atoms with E-state index in [1.807, 2.05) is 6.92 Å². The van der Waals surface area contributed by atoms with Crippen LogP contribution in [0.2, 0.25) is 0 Å². The van der Waals surface area contributed by atoms with Crippen LogP contribution in [0.3, 0.4) is 0 Å². The van der Waals surface area contributed by atoms with Crippen molar-refractivity contribution in [3.05, 3.63) is 12.0 Å². The lowest BCUT2D eigenvalue weighted by molar-refractivity contribution is -0.149. The lowest BCUT2D eigenvalue weighted by Crippen LogP contribution is -2.38. The van der Waals surface area contributed by atoms with Crippen LogP contribution in [0, 0.1) is 5.41 Å². The summed E-state index contributed by atoms with van der Waals surface area (Å²) in [5.74, 6) is -0.928. The molecule has 0 spiro atoms. The van der Waals surface area contributed by atoms with Crippen LogP contribution in [0.4, 0.5) is 0 Å². The van der Waals surface area contributed by atoms with Gasteiger partial charge in [0.25, 0.3) is 5.91 Å². The fraction of sp³-hybridized carbons (Fsp3) is 0.692. The molecular weight excluding hydrogens is 250 g/mol. The smallest absolute Gasteiger partial charge is 0.311 e. The van der Waals surface area contributed by atoms with Crippen molar-refractivity contribution in [1.82, 2.24) is 4.90 Å². The first-order valence-corrected chi connectivity index (χ1v) is 6.56. The Balaban J connectivity index is 2.06. The lowest BCUT2D eigenvalue weighted by Gasteiger charge is -2.25. The van der Waals surface area contributed by atoms with Gasteiger partial charge in [0.15, 0.2) is 0 Å². The van der Waals surface area contributed by atoms with Crippen molar-refractivity contribution in [2.24, 2.45) is 5.41 Å². The maximum atomic E-state index is 12.2. The van der Waals surface area contributed by atoms with Gasteiger partial charge in [0.1, 0.15) is 19.5 Å². The predicted octanol–water partition coefficient (Wildman–Crippen LogP) is 0.978. The summed E-state index contributed by atoms with van der Waals surface area (Å²) in [6, 6.07) is 0. The van der Waals surface area contributed by atoms with Crippen LogP contribution in [0.15, 0.2) is 12.0 Å². The number of carbonyl (C=O) groups is 2. The molecule has 19 heavy (non-hydrogen) atoms. The van der Waals surface area contributed by atoms with Crippen molar-refractivity contribution in [1.29, 1.82) is 0 Å². The maximum Gasteiger partial charge on any atom is 0.311 e. The average molecular weight is 269 g/mol. The largest absolute Gasteiger partial charge is 0.494 e. The van der Waals surface area contributed by atoms with Gasteiger partial charge in [-0.1, -0.05) is 13.3 Å². The van der Waals surface area contributed by atoms with Gasteiger partial charge in [0.05, 0.1) is 5.41 Å². The van der Waals surface area contributed by atoms with Crippen LogP contribution in [-0.2, 0) is 19.1 Å². The Morgan fingerprint density at radius 2 is 2.26 bits per heavy atom. The van der Waals surface area contributed by atoms with Gasteiger partial charge in [0, 0.05) is 13.1 Å². The van der Waals surface area contributed by atoms with Crippen molar-refractivity contribution in [3.8, 4) is 0 Å². The molecule has 2 aliphatic rings. The lowest BCUT2D eigenvalue weighted by atomic mass is 9.83. The van der Waals surface area contributed by atoms with Gasteiger partial charge < -0.3 is 19.5 Å². The monoisotopic (exact) mass is 269 g/mol. The normalized spacial score (nSPS) is 26.4. The van der Waals surface area contributed by atoms with E-state index in [1.54, 1.807) is 4.90 Å². The van der Waals surface area contributed by atoms with Crippen molar-refractivity contribution in [2.45, 2.75) is 26.2 Å². The molecule has 1 unspecified atom stereocenters. The van der Waals surface area contributed by atoms with E-state index in [2.05, 4.69) is 0 Å². The van der Waals surface area contributed by atoms with E-state index in [1.165, 1.54) is 6.26 Å². The van der Waals surface area contributed by atoms with E-state index < -0.39 is 11.4 Å². The van der Waals surface area contributed by atoms with Crippen molar-refractivity contribution in [3.63, 3.8) is 0 Å². The third kappa shape index (κ3) is 2.67. The molecule has 106 valence electrons. The second-order valence-electron chi connectivity index (χ2n) is 5.01. The summed E-state index contributed by atoms with van der Waals surface area (Å²) >= 11 is 0. The number of amides is 1. The fourth-order valence-corrected chi connectivity index (χ4v) is 2.65. The van der Waals surface area contributed by atoms with Crippen molar-refractivity contribution >= 4 is 11.9 Å². The number of nitrogens with zero attached hydrogens (tertiary/aromatic N) is 1. The molecule has 6 nitrogen and oxygen atoms in total. The molecule has 0 bridgehead atoms. The van der Waals surface area contributed by atoms with Crippen molar-refractivity contribution in [2.75, 3.05) is 26.3 Å². The van der Waals surface area contributed by atoms with E-state index in [0.29, 0.717) is 32.6 Å². The molecular formula is C13H19NO5. The van der Waals surface area contributed by atoms with E-state index in [4.69, 9.17) is 9.47 Å². The molecule has 6 heteroatoms. The minimum atomic E-state index is -0.820. The van der Waals surface area contributed by atoms with Crippen LogP contribution in [-0.4, -0.2) is 48.2 Å². The number of carboxylic acid groups (broad SMARTS) is 1. The average Bonchev–Trinajstić information content (AvgIpc) is 2.85. The summed E-state index contributed by atoms with van der Waals surface area (Å²) in [7, 11) is 0. The van der Waals surface area contributed by atoms with E-state index >= 15 is 0 Å². The quantitative estimate of drug-likeness (QED) is 0.823.